The minimum absolute atomic E-state index is 0.0696. The molecule has 2 heterocycles. The molecular formula is C17H14N4O2S2. The summed E-state index contributed by atoms with van der Waals surface area (Å²) < 4.78 is 6.74. The number of aryl methyl sites for hydroxylation is 1. The average Bonchev–Trinajstić information content (AvgIpc) is 3.30. The van der Waals surface area contributed by atoms with Crippen LogP contribution in [0, 0.1) is 18.8 Å². The van der Waals surface area contributed by atoms with E-state index in [0.717, 1.165) is 5.69 Å². The highest BCUT2D eigenvalue weighted by atomic mass is 32.2. The predicted molar refractivity (Wildman–Crippen MR) is 97.0 cm³/mol. The van der Waals surface area contributed by atoms with Crippen molar-refractivity contribution in [1.82, 2.24) is 20.2 Å². The molecule has 0 spiro atoms. The highest BCUT2D eigenvalue weighted by Crippen LogP contribution is 2.17. The Balaban J connectivity index is 1.50. The van der Waals surface area contributed by atoms with Crippen molar-refractivity contribution in [1.29, 1.82) is 0 Å². The summed E-state index contributed by atoms with van der Waals surface area (Å²) in [7, 11) is 0. The Morgan fingerprint density at radius 3 is 2.88 bits per heavy atom. The molecule has 0 amide bonds. The van der Waals surface area contributed by atoms with Crippen molar-refractivity contribution >= 4 is 29.1 Å². The summed E-state index contributed by atoms with van der Waals surface area (Å²) in [6, 6.07) is 11.5. The molecule has 0 aliphatic carbocycles. The van der Waals surface area contributed by atoms with Crippen molar-refractivity contribution in [3.8, 4) is 17.5 Å². The first kappa shape index (κ1) is 17.2. The van der Waals surface area contributed by atoms with E-state index in [2.05, 4.69) is 27.4 Å². The summed E-state index contributed by atoms with van der Waals surface area (Å²) in [6.07, 6.45) is 0. The van der Waals surface area contributed by atoms with Crippen LogP contribution in [0.2, 0.25) is 0 Å². The molecule has 0 saturated carbocycles. The fourth-order valence-electron chi connectivity index (χ4n) is 1.89. The second kappa shape index (κ2) is 8.46. The summed E-state index contributed by atoms with van der Waals surface area (Å²) in [5.41, 5.74) is 2.07. The van der Waals surface area contributed by atoms with Gasteiger partial charge in [0.25, 0.3) is 0 Å². The number of tetrazole rings is 1. The van der Waals surface area contributed by atoms with E-state index in [9.17, 15) is 4.79 Å². The summed E-state index contributed by atoms with van der Waals surface area (Å²) in [4.78, 5) is 12.2. The van der Waals surface area contributed by atoms with Crippen LogP contribution in [0.5, 0.6) is 0 Å². The molecule has 0 radical (unpaired) electrons. The monoisotopic (exact) mass is 370 g/mol. The van der Waals surface area contributed by atoms with Crippen molar-refractivity contribution in [2.75, 3.05) is 12.4 Å². The number of carbonyl (C=O) groups is 1. The molecule has 3 aromatic rings. The van der Waals surface area contributed by atoms with E-state index in [1.807, 2.05) is 42.6 Å². The Morgan fingerprint density at radius 1 is 1.28 bits per heavy atom. The minimum Gasteiger partial charge on any atom is -0.448 e. The zero-order valence-electron chi connectivity index (χ0n) is 13.4. The van der Waals surface area contributed by atoms with Crippen LogP contribution in [0.15, 0.2) is 46.9 Å². The van der Waals surface area contributed by atoms with Crippen LogP contribution in [-0.4, -0.2) is 38.5 Å². The van der Waals surface area contributed by atoms with E-state index in [1.54, 1.807) is 10.7 Å². The Hall–Kier alpha value is -2.63. The van der Waals surface area contributed by atoms with E-state index in [0.29, 0.717) is 15.8 Å². The van der Waals surface area contributed by atoms with Gasteiger partial charge >= 0.3 is 5.97 Å². The molecule has 3 rings (SSSR count). The zero-order valence-corrected chi connectivity index (χ0v) is 15.0. The van der Waals surface area contributed by atoms with Crippen LogP contribution >= 0.6 is 23.1 Å². The molecule has 8 heteroatoms. The molecule has 2 aromatic heterocycles. The third-order valence-electron chi connectivity index (χ3n) is 3.12. The van der Waals surface area contributed by atoms with Gasteiger partial charge < -0.3 is 4.74 Å². The quantitative estimate of drug-likeness (QED) is 0.391. The average molecular weight is 370 g/mol. The molecular weight excluding hydrogens is 356 g/mol. The topological polar surface area (TPSA) is 69.9 Å². The lowest BCUT2D eigenvalue weighted by atomic mass is 10.2. The summed E-state index contributed by atoms with van der Waals surface area (Å²) >= 11 is 2.77. The summed E-state index contributed by atoms with van der Waals surface area (Å²) in [6.45, 7) is 2.10. The van der Waals surface area contributed by atoms with Crippen LogP contribution in [-0.2, 0) is 4.74 Å². The van der Waals surface area contributed by atoms with Crippen molar-refractivity contribution in [2.45, 2.75) is 12.1 Å². The summed E-state index contributed by atoms with van der Waals surface area (Å²) in [5.74, 6) is 5.92. The molecule has 25 heavy (non-hydrogen) atoms. The van der Waals surface area contributed by atoms with E-state index < -0.39 is 0 Å². The normalized spacial score (nSPS) is 10.1. The number of aromatic nitrogens is 4. The van der Waals surface area contributed by atoms with Crippen LogP contribution in [0.3, 0.4) is 0 Å². The maximum Gasteiger partial charge on any atom is 0.349 e. The first-order valence-electron chi connectivity index (χ1n) is 7.38. The number of carbonyl (C=O) groups excluding carboxylic acids is 1. The van der Waals surface area contributed by atoms with Gasteiger partial charge in [0.15, 0.2) is 6.61 Å². The van der Waals surface area contributed by atoms with E-state index in [-0.39, 0.29) is 12.6 Å². The second-order valence-electron chi connectivity index (χ2n) is 4.90. The van der Waals surface area contributed by atoms with Crippen LogP contribution in [0.4, 0.5) is 0 Å². The van der Waals surface area contributed by atoms with Gasteiger partial charge in [-0.15, -0.1) is 16.4 Å². The van der Waals surface area contributed by atoms with Crippen LogP contribution in [0.1, 0.15) is 15.2 Å². The van der Waals surface area contributed by atoms with Crippen molar-refractivity contribution in [2.24, 2.45) is 0 Å². The van der Waals surface area contributed by atoms with E-state index in [1.165, 1.54) is 28.7 Å². The van der Waals surface area contributed by atoms with Gasteiger partial charge in [-0.2, -0.15) is 4.68 Å². The molecule has 0 bridgehead atoms. The Labute approximate surface area is 153 Å². The molecule has 1 aromatic carbocycles. The highest BCUT2D eigenvalue weighted by Gasteiger charge is 2.08. The third kappa shape index (κ3) is 4.68. The lowest BCUT2D eigenvalue weighted by molar-refractivity contribution is 0.0562. The van der Waals surface area contributed by atoms with Gasteiger partial charge in [0, 0.05) is 0 Å². The Morgan fingerprint density at radius 2 is 2.12 bits per heavy atom. The molecule has 0 aliphatic heterocycles. The number of rotatable bonds is 5. The van der Waals surface area contributed by atoms with E-state index in [4.69, 9.17) is 4.74 Å². The van der Waals surface area contributed by atoms with Crippen LogP contribution in [0.25, 0.3) is 5.69 Å². The number of hydrogen-bond donors (Lipinski definition) is 0. The summed E-state index contributed by atoms with van der Waals surface area (Å²) in [5, 5.41) is 14.2. The lowest BCUT2D eigenvalue weighted by Crippen LogP contribution is -2.02. The van der Waals surface area contributed by atoms with Gasteiger partial charge in [0.1, 0.15) is 4.88 Å². The maximum absolute atomic E-state index is 11.6. The SMILES string of the molecule is Cc1ccc(-n2nnnc2SCC#CCOC(=O)c2cccs2)cc1. The van der Waals surface area contributed by atoms with Gasteiger partial charge in [-0.05, 0) is 40.9 Å². The standard InChI is InChI=1S/C17H14N4O2S2/c1-13-6-8-14(9-7-13)21-17(18-19-20-21)25-11-3-2-10-23-16(22)15-5-4-12-24-15/h4-9,12H,10-11H2,1H3. The number of thioether (sulfide) groups is 1. The number of nitrogens with zero attached hydrogens (tertiary/aromatic N) is 4. The molecule has 0 unspecified atom stereocenters. The highest BCUT2D eigenvalue weighted by molar-refractivity contribution is 7.99. The molecule has 0 fully saturated rings. The van der Waals surface area contributed by atoms with Gasteiger partial charge in [0.2, 0.25) is 5.16 Å². The molecule has 0 aliphatic rings. The first-order chi connectivity index (χ1) is 12.2. The van der Waals surface area contributed by atoms with Gasteiger partial charge in [0.05, 0.1) is 11.4 Å². The molecule has 126 valence electrons. The van der Waals surface area contributed by atoms with Crippen molar-refractivity contribution < 1.29 is 9.53 Å². The molecule has 0 N–H and O–H groups in total. The fraction of sp³-hybridized carbons (Fsp3) is 0.176. The largest absolute Gasteiger partial charge is 0.448 e. The fourth-order valence-corrected chi connectivity index (χ4v) is 3.16. The van der Waals surface area contributed by atoms with Crippen molar-refractivity contribution in [3.05, 3.63) is 52.2 Å². The van der Waals surface area contributed by atoms with Gasteiger partial charge in [-0.25, -0.2) is 4.79 Å². The number of ether oxygens (including phenoxy) is 1. The molecule has 0 atom stereocenters. The Bertz CT molecular complexity index is 893. The van der Waals surface area contributed by atoms with E-state index >= 15 is 0 Å². The van der Waals surface area contributed by atoms with Gasteiger partial charge in [-0.3, -0.25) is 0 Å². The maximum atomic E-state index is 11.6. The number of hydrogen-bond acceptors (Lipinski definition) is 7. The lowest BCUT2D eigenvalue weighted by Gasteiger charge is -2.02. The number of thiophene rings is 1. The number of benzene rings is 1. The Kier molecular flexibility index (Phi) is 5.82. The molecule has 0 saturated heterocycles. The number of esters is 1. The van der Waals surface area contributed by atoms with Crippen LogP contribution < -0.4 is 0 Å². The smallest absolute Gasteiger partial charge is 0.349 e. The molecule has 6 nitrogen and oxygen atoms in total. The minimum atomic E-state index is -0.347. The first-order valence-corrected chi connectivity index (χ1v) is 9.25. The van der Waals surface area contributed by atoms with Crippen molar-refractivity contribution in [3.63, 3.8) is 0 Å². The predicted octanol–water partition coefficient (Wildman–Crippen LogP) is 2.98. The van der Waals surface area contributed by atoms with Gasteiger partial charge in [-0.1, -0.05) is 47.4 Å². The second-order valence-corrected chi connectivity index (χ2v) is 6.79. The third-order valence-corrected chi connectivity index (χ3v) is 4.77. The zero-order chi connectivity index (χ0) is 17.5.